The number of ketones is 1. The number of carbonyl (C=O) groups is 2. The third-order valence-corrected chi connectivity index (χ3v) is 12.1. The van der Waals surface area contributed by atoms with E-state index in [2.05, 4.69) is 33.9 Å². The first kappa shape index (κ1) is 29.2. The van der Waals surface area contributed by atoms with Crippen molar-refractivity contribution in [3.63, 3.8) is 0 Å². The maximum absolute atomic E-state index is 12.5. The summed E-state index contributed by atoms with van der Waals surface area (Å²) in [6, 6.07) is 0. The summed E-state index contributed by atoms with van der Waals surface area (Å²) in [6.45, 7) is 19.7. The largest absolute Gasteiger partial charge is 0.529 e. The van der Waals surface area contributed by atoms with Crippen LogP contribution < -0.4 is 0 Å². The van der Waals surface area contributed by atoms with Crippen LogP contribution in [0.1, 0.15) is 61.3 Å². The van der Waals surface area contributed by atoms with Crippen LogP contribution in [0.2, 0.25) is 18.1 Å². The molecule has 0 fully saturated rings. The van der Waals surface area contributed by atoms with E-state index in [1.807, 2.05) is 26.8 Å². The van der Waals surface area contributed by atoms with Crippen LogP contribution in [0.25, 0.3) is 0 Å². The minimum Gasteiger partial charge on any atom is -0.466 e. The Bertz CT molecular complexity index is 539. The van der Waals surface area contributed by atoms with Gasteiger partial charge in [0.1, 0.15) is 12.2 Å². The summed E-state index contributed by atoms with van der Waals surface area (Å²) in [7, 11) is -5.19. The van der Waals surface area contributed by atoms with E-state index in [4.69, 9.17) is 22.4 Å². The van der Waals surface area contributed by atoms with Gasteiger partial charge in [0.15, 0.2) is 8.32 Å². The maximum Gasteiger partial charge on any atom is 0.529 e. The third kappa shape index (κ3) is 10.5. The zero-order valence-corrected chi connectivity index (χ0v) is 22.3. The molecule has 0 aliphatic heterocycles. The second kappa shape index (κ2) is 13.5. The summed E-state index contributed by atoms with van der Waals surface area (Å²) in [5.41, 5.74) is 1.80. The molecule has 1 atom stereocenters. The standard InChI is InChI=1S/C21H42O7Si2/c1-10-24-20(23)17-18(22)16-19(28-29(8,9)21(5,6)7)14-15-30(25-11-2,26-12-3)27-13-4/h14-15,19H,10-13,16-17H2,1-9H3/b15-14+/t19-/m1/s1. The van der Waals surface area contributed by atoms with Crippen LogP contribution in [0.3, 0.4) is 0 Å². The minimum atomic E-state index is -3.02. The Hall–Kier alpha value is -0.846. The fourth-order valence-electron chi connectivity index (χ4n) is 2.47. The predicted molar refractivity (Wildman–Crippen MR) is 123 cm³/mol. The molecule has 0 spiro atoms. The molecular formula is C21H42O7Si2. The molecule has 0 aromatic carbocycles. The molecule has 0 N–H and O–H groups in total. The van der Waals surface area contributed by atoms with E-state index in [1.54, 1.807) is 12.6 Å². The van der Waals surface area contributed by atoms with Crippen molar-refractivity contribution in [2.45, 2.75) is 85.5 Å². The van der Waals surface area contributed by atoms with Crippen LogP contribution in [-0.2, 0) is 32.0 Å². The lowest BCUT2D eigenvalue weighted by Gasteiger charge is -2.38. The van der Waals surface area contributed by atoms with E-state index in [-0.39, 0.29) is 30.3 Å². The van der Waals surface area contributed by atoms with Gasteiger partial charge in [-0.2, -0.15) is 0 Å². The Morgan fingerprint density at radius 3 is 1.80 bits per heavy atom. The highest BCUT2D eigenvalue weighted by Gasteiger charge is 2.41. The number of ether oxygens (including phenoxy) is 1. The molecule has 0 bridgehead atoms. The number of Topliss-reactive ketones (excluding diaryl/α,β-unsaturated/α-hetero) is 1. The monoisotopic (exact) mass is 462 g/mol. The summed E-state index contributed by atoms with van der Waals surface area (Å²) >= 11 is 0. The normalized spacial score (nSPS) is 14.2. The van der Waals surface area contributed by atoms with Crippen LogP contribution in [0, 0.1) is 0 Å². The molecule has 176 valence electrons. The van der Waals surface area contributed by atoms with Crippen molar-refractivity contribution in [1.82, 2.24) is 0 Å². The number of hydrogen-bond donors (Lipinski definition) is 0. The van der Waals surface area contributed by atoms with Crippen molar-refractivity contribution in [3.8, 4) is 0 Å². The number of hydrogen-bond acceptors (Lipinski definition) is 7. The van der Waals surface area contributed by atoms with Gasteiger partial charge in [-0.15, -0.1) is 0 Å². The van der Waals surface area contributed by atoms with E-state index in [0.717, 1.165) is 0 Å². The Morgan fingerprint density at radius 1 is 0.900 bits per heavy atom. The number of carbonyl (C=O) groups excluding carboxylic acids is 2. The van der Waals surface area contributed by atoms with Crippen molar-refractivity contribution in [2.75, 3.05) is 26.4 Å². The second-order valence-corrected chi connectivity index (χ2v) is 15.6. The summed E-state index contributed by atoms with van der Waals surface area (Å²) in [4.78, 5) is 24.2. The van der Waals surface area contributed by atoms with E-state index in [9.17, 15) is 9.59 Å². The Balaban J connectivity index is 5.70. The van der Waals surface area contributed by atoms with Crippen LogP contribution in [0.4, 0.5) is 0 Å². The number of rotatable bonds is 15. The maximum atomic E-state index is 12.5. The molecule has 0 aromatic rings. The van der Waals surface area contributed by atoms with Gasteiger partial charge >= 0.3 is 14.8 Å². The van der Waals surface area contributed by atoms with Gasteiger partial charge in [-0.25, -0.2) is 0 Å². The fraction of sp³-hybridized carbons (Fsp3) is 0.810. The molecule has 0 aromatic heterocycles. The van der Waals surface area contributed by atoms with Crippen molar-refractivity contribution < 1.29 is 32.0 Å². The van der Waals surface area contributed by atoms with Crippen molar-refractivity contribution in [2.24, 2.45) is 0 Å². The fourth-order valence-corrected chi connectivity index (χ4v) is 5.94. The highest BCUT2D eigenvalue weighted by molar-refractivity contribution is 6.74. The average Bonchev–Trinajstić information content (AvgIpc) is 2.59. The summed E-state index contributed by atoms with van der Waals surface area (Å²) in [5, 5.41) is -0.0302. The van der Waals surface area contributed by atoms with Gasteiger partial charge in [0.05, 0.1) is 12.7 Å². The first-order valence-corrected chi connectivity index (χ1v) is 15.5. The Morgan fingerprint density at radius 2 is 1.40 bits per heavy atom. The van der Waals surface area contributed by atoms with Crippen molar-refractivity contribution in [3.05, 3.63) is 11.8 Å². The molecule has 7 nitrogen and oxygen atoms in total. The molecule has 0 radical (unpaired) electrons. The molecule has 0 aliphatic rings. The molecule has 0 aliphatic carbocycles. The highest BCUT2D eigenvalue weighted by Crippen LogP contribution is 2.38. The van der Waals surface area contributed by atoms with Crippen LogP contribution in [0.5, 0.6) is 0 Å². The highest BCUT2D eigenvalue weighted by atomic mass is 28.4. The summed E-state index contributed by atoms with van der Waals surface area (Å²) in [6.07, 6.45) is 1.14. The van der Waals surface area contributed by atoms with Gasteiger partial charge in [-0.1, -0.05) is 26.8 Å². The van der Waals surface area contributed by atoms with Crippen LogP contribution >= 0.6 is 0 Å². The van der Waals surface area contributed by atoms with Crippen LogP contribution in [0.15, 0.2) is 11.8 Å². The van der Waals surface area contributed by atoms with E-state index in [1.165, 1.54) is 0 Å². The lowest BCUT2D eigenvalue weighted by atomic mass is 10.1. The first-order valence-electron chi connectivity index (χ1n) is 10.8. The van der Waals surface area contributed by atoms with Gasteiger partial charge in [0, 0.05) is 26.2 Å². The summed E-state index contributed by atoms with van der Waals surface area (Å²) < 4.78 is 29.0. The summed E-state index contributed by atoms with van der Waals surface area (Å²) in [5.74, 6) is -0.738. The molecule has 0 heterocycles. The van der Waals surface area contributed by atoms with Gasteiger partial charge < -0.3 is 22.4 Å². The second-order valence-electron chi connectivity index (χ2n) is 8.40. The molecule has 0 rings (SSSR count). The van der Waals surface area contributed by atoms with Gasteiger partial charge in [-0.3, -0.25) is 9.59 Å². The minimum absolute atomic E-state index is 0.0302. The molecule has 0 saturated carbocycles. The Kier molecular flexibility index (Phi) is 13.2. The van der Waals surface area contributed by atoms with Gasteiger partial charge in [-0.05, 0) is 51.5 Å². The SMILES string of the molecule is CCOC(=O)CC(=O)C[C@@H](/C=C/[Si](OCC)(OCC)OCC)O[Si](C)(C)C(C)(C)C. The van der Waals surface area contributed by atoms with Gasteiger partial charge in [0.25, 0.3) is 0 Å². The average molecular weight is 463 g/mol. The molecule has 0 unspecified atom stereocenters. The molecule has 0 saturated heterocycles. The lowest BCUT2D eigenvalue weighted by molar-refractivity contribution is -0.145. The van der Waals surface area contributed by atoms with Crippen LogP contribution in [-0.4, -0.2) is 61.4 Å². The molecule has 9 heteroatoms. The lowest BCUT2D eigenvalue weighted by Crippen LogP contribution is -2.46. The Labute approximate surface area is 184 Å². The third-order valence-electron chi connectivity index (χ3n) is 4.88. The molecule has 0 amide bonds. The van der Waals surface area contributed by atoms with Gasteiger partial charge in [0.2, 0.25) is 0 Å². The van der Waals surface area contributed by atoms with Crippen molar-refractivity contribution >= 4 is 28.9 Å². The number of esters is 1. The quantitative estimate of drug-likeness (QED) is 0.202. The zero-order valence-electron chi connectivity index (χ0n) is 20.3. The van der Waals surface area contributed by atoms with Crippen molar-refractivity contribution in [1.29, 1.82) is 0 Å². The van der Waals surface area contributed by atoms with E-state index in [0.29, 0.717) is 19.8 Å². The topological polar surface area (TPSA) is 80.3 Å². The van der Waals surface area contributed by atoms with E-state index < -0.39 is 29.2 Å². The smallest absolute Gasteiger partial charge is 0.466 e. The zero-order chi connectivity index (χ0) is 23.4. The molecular weight excluding hydrogens is 420 g/mol. The predicted octanol–water partition coefficient (Wildman–Crippen LogP) is 4.43. The van der Waals surface area contributed by atoms with E-state index >= 15 is 0 Å². The first-order chi connectivity index (χ1) is 13.9. The molecule has 30 heavy (non-hydrogen) atoms.